The van der Waals surface area contributed by atoms with E-state index in [4.69, 9.17) is 4.74 Å². The van der Waals surface area contributed by atoms with Gasteiger partial charge in [-0.3, -0.25) is 0 Å². The summed E-state index contributed by atoms with van der Waals surface area (Å²) in [5, 5.41) is 9.53. The van der Waals surface area contributed by atoms with Gasteiger partial charge in [0.2, 0.25) is 0 Å². The maximum Gasteiger partial charge on any atom is 0.336 e. The zero-order valence-electron chi connectivity index (χ0n) is 15.5. The van der Waals surface area contributed by atoms with Gasteiger partial charge in [0.15, 0.2) is 0 Å². The van der Waals surface area contributed by atoms with E-state index in [9.17, 15) is 9.90 Å². The first-order valence-electron chi connectivity index (χ1n) is 9.35. The molecule has 27 heavy (non-hydrogen) atoms. The van der Waals surface area contributed by atoms with Gasteiger partial charge in [-0.1, -0.05) is 74.4 Å². The molecule has 0 saturated heterocycles. The lowest BCUT2D eigenvalue weighted by molar-refractivity contribution is 0.0697. The van der Waals surface area contributed by atoms with Gasteiger partial charge in [-0.25, -0.2) is 4.79 Å². The molecule has 0 aliphatic rings. The van der Waals surface area contributed by atoms with Crippen LogP contribution in [0.4, 0.5) is 0 Å². The molecular weight excluding hydrogens is 336 g/mol. The summed E-state index contributed by atoms with van der Waals surface area (Å²) < 4.78 is 5.79. The first-order chi connectivity index (χ1) is 13.2. The minimum absolute atomic E-state index is 0.306. The highest BCUT2D eigenvalue weighted by Crippen LogP contribution is 2.34. The number of carboxylic acid groups (broad SMARTS) is 1. The van der Waals surface area contributed by atoms with E-state index in [1.165, 1.54) is 12.8 Å². The van der Waals surface area contributed by atoms with E-state index < -0.39 is 5.97 Å². The number of benzene rings is 3. The van der Waals surface area contributed by atoms with Gasteiger partial charge in [0.1, 0.15) is 5.75 Å². The molecule has 0 aliphatic carbocycles. The molecule has 0 unspecified atom stereocenters. The minimum Gasteiger partial charge on any atom is -0.494 e. The molecule has 0 radical (unpaired) electrons. The van der Waals surface area contributed by atoms with Crippen LogP contribution < -0.4 is 4.74 Å². The fourth-order valence-electron chi connectivity index (χ4n) is 3.15. The van der Waals surface area contributed by atoms with Crippen molar-refractivity contribution in [3.05, 3.63) is 78.4 Å². The SMILES string of the molecule is CCCCCOc1ccc(-c2ccccc2-c2ccccc2C(=O)O)cc1. The van der Waals surface area contributed by atoms with Crippen molar-refractivity contribution in [2.45, 2.75) is 26.2 Å². The number of ether oxygens (including phenoxy) is 1. The summed E-state index contributed by atoms with van der Waals surface area (Å²) in [7, 11) is 0. The van der Waals surface area contributed by atoms with Crippen LogP contribution in [0.1, 0.15) is 36.5 Å². The van der Waals surface area contributed by atoms with Gasteiger partial charge in [0.25, 0.3) is 0 Å². The summed E-state index contributed by atoms with van der Waals surface area (Å²) in [5.41, 5.74) is 3.98. The van der Waals surface area contributed by atoms with Crippen molar-refractivity contribution in [2.75, 3.05) is 6.61 Å². The molecule has 0 aromatic heterocycles. The molecule has 138 valence electrons. The predicted molar refractivity (Wildman–Crippen MR) is 109 cm³/mol. The first kappa shape index (κ1) is 18.7. The van der Waals surface area contributed by atoms with Crippen molar-refractivity contribution in [1.82, 2.24) is 0 Å². The molecule has 3 rings (SSSR count). The lowest BCUT2D eigenvalue weighted by Gasteiger charge is -2.13. The summed E-state index contributed by atoms with van der Waals surface area (Å²) in [5.74, 6) is -0.0606. The van der Waals surface area contributed by atoms with Crippen LogP contribution >= 0.6 is 0 Å². The fourth-order valence-corrected chi connectivity index (χ4v) is 3.15. The Morgan fingerprint density at radius 2 is 1.44 bits per heavy atom. The molecule has 3 nitrogen and oxygen atoms in total. The molecule has 0 fully saturated rings. The maximum absolute atomic E-state index is 11.6. The second-order valence-corrected chi connectivity index (χ2v) is 6.48. The zero-order chi connectivity index (χ0) is 19.1. The lowest BCUT2D eigenvalue weighted by Crippen LogP contribution is -2.00. The molecule has 3 aromatic carbocycles. The van der Waals surface area contributed by atoms with Crippen LogP contribution in [0, 0.1) is 0 Å². The molecule has 0 atom stereocenters. The third-order valence-corrected chi connectivity index (χ3v) is 4.56. The van der Waals surface area contributed by atoms with Crippen molar-refractivity contribution < 1.29 is 14.6 Å². The highest BCUT2D eigenvalue weighted by Gasteiger charge is 2.14. The van der Waals surface area contributed by atoms with Crippen LogP contribution in [-0.2, 0) is 0 Å². The summed E-state index contributed by atoms with van der Waals surface area (Å²) in [6.07, 6.45) is 3.42. The predicted octanol–water partition coefficient (Wildman–Crippen LogP) is 6.29. The third-order valence-electron chi connectivity index (χ3n) is 4.56. The molecule has 3 heteroatoms. The Kier molecular flexibility index (Phi) is 6.26. The van der Waals surface area contributed by atoms with E-state index >= 15 is 0 Å². The van der Waals surface area contributed by atoms with Gasteiger partial charge in [-0.2, -0.15) is 0 Å². The Bertz CT molecular complexity index is 898. The van der Waals surface area contributed by atoms with Crippen LogP contribution in [0.15, 0.2) is 72.8 Å². The van der Waals surface area contributed by atoms with Crippen LogP contribution in [0.3, 0.4) is 0 Å². The minimum atomic E-state index is -0.920. The number of unbranched alkanes of at least 4 members (excludes halogenated alkanes) is 2. The van der Waals surface area contributed by atoms with Crippen LogP contribution in [0.5, 0.6) is 5.75 Å². The van der Waals surface area contributed by atoms with Crippen molar-refractivity contribution >= 4 is 5.97 Å². The maximum atomic E-state index is 11.6. The number of hydrogen-bond acceptors (Lipinski definition) is 2. The standard InChI is InChI=1S/C24H24O3/c1-2-3-8-17-27-19-15-13-18(14-16-19)20-9-4-5-10-21(20)22-11-6-7-12-23(22)24(25)26/h4-7,9-16H,2-3,8,17H2,1H3,(H,25,26). The topological polar surface area (TPSA) is 46.5 Å². The quantitative estimate of drug-likeness (QED) is 0.480. The average Bonchev–Trinajstić information content (AvgIpc) is 2.72. The summed E-state index contributed by atoms with van der Waals surface area (Å²) in [6.45, 7) is 2.91. The van der Waals surface area contributed by atoms with E-state index in [0.29, 0.717) is 5.56 Å². The Morgan fingerprint density at radius 1 is 0.815 bits per heavy atom. The van der Waals surface area contributed by atoms with Gasteiger partial charge in [0, 0.05) is 0 Å². The molecule has 0 amide bonds. The number of carbonyl (C=O) groups is 1. The number of carboxylic acids is 1. The molecule has 0 spiro atoms. The average molecular weight is 360 g/mol. The third kappa shape index (κ3) is 4.56. The van der Waals surface area contributed by atoms with E-state index in [-0.39, 0.29) is 0 Å². The van der Waals surface area contributed by atoms with E-state index in [1.54, 1.807) is 12.1 Å². The van der Waals surface area contributed by atoms with Gasteiger partial charge in [-0.15, -0.1) is 0 Å². The highest BCUT2D eigenvalue weighted by molar-refractivity contribution is 5.98. The van der Waals surface area contributed by atoms with Crippen LogP contribution in [-0.4, -0.2) is 17.7 Å². The Balaban J connectivity index is 1.90. The Morgan fingerprint density at radius 3 is 2.11 bits per heavy atom. The van der Waals surface area contributed by atoms with Crippen LogP contribution in [0.2, 0.25) is 0 Å². The summed E-state index contributed by atoms with van der Waals surface area (Å²) >= 11 is 0. The normalized spacial score (nSPS) is 10.6. The fraction of sp³-hybridized carbons (Fsp3) is 0.208. The second kappa shape index (κ2) is 9.04. The first-order valence-corrected chi connectivity index (χ1v) is 9.35. The van der Waals surface area contributed by atoms with Gasteiger partial charge >= 0.3 is 5.97 Å². The molecule has 0 heterocycles. The molecular formula is C24H24O3. The van der Waals surface area contributed by atoms with E-state index in [1.807, 2.05) is 60.7 Å². The van der Waals surface area contributed by atoms with Crippen molar-refractivity contribution in [2.24, 2.45) is 0 Å². The molecule has 3 aromatic rings. The molecule has 0 aliphatic heterocycles. The summed E-state index contributed by atoms with van der Waals surface area (Å²) in [4.78, 5) is 11.6. The largest absolute Gasteiger partial charge is 0.494 e. The second-order valence-electron chi connectivity index (χ2n) is 6.48. The molecule has 0 saturated carbocycles. The van der Waals surface area contributed by atoms with E-state index in [0.717, 1.165) is 41.0 Å². The molecule has 1 N–H and O–H groups in total. The highest BCUT2D eigenvalue weighted by atomic mass is 16.5. The zero-order valence-corrected chi connectivity index (χ0v) is 15.5. The van der Waals surface area contributed by atoms with Gasteiger partial charge < -0.3 is 9.84 Å². The van der Waals surface area contributed by atoms with Gasteiger partial charge in [-0.05, 0) is 46.9 Å². The van der Waals surface area contributed by atoms with Crippen molar-refractivity contribution in [3.8, 4) is 28.0 Å². The van der Waals surface area contributed by atoms with E-state index in [2.05, 4.69) is 6.92 Å². The number of aromatic carboxylic acids is 1. The Labute approximate surface area is 160 Å². The number of rotatable bonds is 8. The monoisotopic (exact) mass is 360 g/mol. The number of hydrogen-bond donors (Lipinski definition) is 1. The van der Waals surface area contributed by atoms with Crippen LogP contribution in [0.25, 0.3) is 22.3 Å². The van der Waals surface area contributed by atoms with Crippen molar-refractivity contribution in [3.63, 3.8) is 0 Å². The Hall–Kier alpha value is -3.07. The van der Waals surface area contributed by atoms with Gasteiger partial charge in [0.05, 0.1) is 12.2 Å². The van der Waals surface area contributed by atoms with Crippen molar-refractivity contribution in [1.29, 1.82) is 0 Å². The summed E-state index contributed by atoms with van der Waals surface area (Å²) in [6, 6.07) is 23.0. The molecule has 0 bridgehead atoms. The smallest absolute Gasteiger partial charge is 0.336 e. The lowest BCUT2D eigenvalue weighted by atomic mass is 9.92.